The standard InChI is InChI=1S/C23H25F3N6O4/c1-30(15-2-3-15)20(33)14-11-31(12-14)22-28-8-16(9-29-22)32-7-6-18(21(32)34)36-17-4-5-19(27-10-17)35-13-23(24,25)26/h4-5,8-10,14-15,18H,2-3,6-7,11-13H2,1H3/t18-/m1/s1. The fraction of sp³-hybridized carbons (Fsp3) is 0.522. The van der Waals surface area contributed by atoms with Crippen molar-refractivity contribution in [2.24, 2.45) is 5.92 Å². The van der Waals surface area contributed by atoms with Gasteiger partial charge in [0.15, 0.2) is 12.7 Å². The summed E-state index contributed by atoms with van der Waals surface area (Å²) in [6.07, 6.45) is 1.71. The molecule has 0 N–H and O–H groups in total. The van der Waals surface area contributed by atoms with Crippen molar-refractivity contribution in [2.45, 2.75) is 37.6 Å². The first-order chi connectivity index (χ1) is 17.2. The van der Waals surface area contributed by atoms with Crippen LogP contribution >= 0.6 is 0 Å². The Kier molecular flexibility index (Phi) is 6.31. The largest absolute Gasteiger partial charge is 0.479 e. The first-order valence-electron chi connectivity index (χ1n) is 11.7. The smallest absolute Gasteiger partial charge is 0.422 e. The lowest BCUT2D eigenvalue weighted by molar-refractivity contribution is -0.154. The van der Waals surface area contributed by atoms with E-state index in [1.807, 2.05) is 16.8 Å². The van der Waals surface area contributed by atoms with Gasteiger partial charge in [-0.15, -0.1) is 0 Å². The molecule has 3 aliphatic rings. The van der Waals surface area contributed by atoms with Crippen molar-refractivity contribution in [1.29, 1.82) is 0 Å². The van der Waals surface area contributed by atoms with E-state index in [9.17, 15) is 22.8 Å². The monoisotopic (exact) mass is 506 g/mol. The Hall–Kier alpha value is -3.64. The fourth-order valence-electron chi connectivity index (χ4n) is 4.21. The zero-order chi connectivity index (χ0) is 25.4. The molecule has 2 aromatic rings. The lowest BCUT2D eigenvalue weighted by atomic mass is 9.99. The number of aromatic nitrogens is 3. The Morgan fingerprint density at radius 3 is 2.44 bits per heavy atom. The number of carbonyl (C=O) groups is 2. The number of hydrogen-bond donors (Lipinski definition) is 0. The second-order valence-electron chi connectivity index (χ2n) is 9.14. The van der Waals surface area contributed by atoms with Crippen LogP contribution in [0.5, 0.6) is 11.6 Å². The number of alkyl halides is 3. The van der Waals surface area contributed by atoms with Crippen molar-refractivity contribution in [3.63, 3.8) is 0 Å². The molecule has 0 bridgehead atoms. The summed E-state index contributed by atoms with van der Waals surface area (Å²) in [5.41, 5.74) is 0.533. The van der Waals surface area contributed by atoms with E-state index >= 15 is 0 Å². The fourth-order valence-corrected chi connectivity index (χ4v) is 4.21. The molecular formula is C23H25F3N6O4. The molecule has 2 saturated heterocycles. The Morgan fingerprint density at radius 1 is 1.11 bits per heavy atom. The van der Waals surface area contributed by atoms with Crippen LogP contribution in [-0.4, -0.2) is 83.3 Å². The first-order valence-corrected chi connectivity index (χ1v) is 11.7. The SMILES string of the molecule is CN(C(=O)C1CN(c2ncc(N3CC[C@@H](Oc4ccc(OCC(F)(F)F)nc4)C3=O)cn2)C1)C1CC1. The van der Waals surface area contributed by atoms with Crippen molar-refractivity contribution < 1.29 is 32.2 Å². The van der Waals surface area contributed by atoms with E-state index in [2.05, 4.69) is 19.7 Å². The van der Waals surface area contributed by atoms with E-state index in [0.29, 0.717) is 43.7 Å². The molecule has 1 aliphatic carbocycles. The van der Waals surface area contributed by atoms with Crippen molar-refractivity contribution in [2.75, 3.05) is 43.1 Å². The third-order valence-electron chi connectivity index (χ3n) is 6.42. The maximum Gasteiger partial charge on any atom is 0.422 e. The molecule has 4 heterocycles. The first kappa shape index (κ1) is 24.1. The summed E-state index contributed by atoms with van der Waals surface area (Å²) in [4.78, 5) is 43.1. The summed E-state index contributed by atoms with van der Waals surface area (Å²) in [5, 5.41) is 0. The van der Waals surface area contributed by atoms with Gasteiger partial charge in [0.2, 0.25) is 17.7 Å². The Morgan fingerprint density at radius 2 is 1.83 bits per heavy atom. The summed E-state index contributed by atoms with van der Waals surface area (Å²) in [6.45, 7) is 0.106. The number of halogens is 3. The minimum absolute atomic E-state index is 0.0447. The van der Waals surface area contributed by atoms with Gasteiger partial charge >= 0.3 is 6.18 Å². The molecule has 192 valence electrons. The maximum absolute atomic E-state index is 12.8. The molecule has 0 radical (unpaired) electrons. The van der Waals surface area contributed by atoms with Crippen LogP contribution in [-0.2, 0) is 9.59 Å². The van der Waals surface area contributed by atoms with Crippen molar-refractivity contribution in [1.82, 2.24) is 19.9 Å². The quantitative estimate of drug-likeness (QED) is 0.537. The van der Waals surface area contributed by atoms with Gasteiger partial charge in [-0.25, -0.2) is 15.0 Å². The van der Waals surface area contributed by atoms with E-state index in [4.69, 9.17) is 4.74 Å². The van der Waals surface area contributed by atoms with Crippen LogP contribution in [0, 0.1) is 5.92 Å². The Bertz CT molecular complexity index is 1100. The molecule has 5 rings (SSSR count). The summed E-state index contributed by atoms with van der Waals surface area (Å²) >= 11 is 0. The van der Waals surface area contributed by atoms with E-state index < -0.39 is 18.9 Å². The van der Waals surface area contributed by atoms with Crippen LogP contribution < -0.4 is 19.3 Å². The highest BCUT2D eigenvalue weighted by atomic mass is 19.4. The number of amides is 2. The average Bonchev–Trinajstić information content (AvgIpc) is 3.61. The zero-order valence-corrected chi connectivity index (χ0v) is 19.5. The second kappa shape index (κ2) is 9.43. The predicted octanol–water partition coefficient (Wildman–Crippen LogP) is 2.05. The van der Waals surface area contributed by atoms with Crippen LogP contribution in [0.2, 0.25) is 0 Å². The second-order valence-corrected chi connectivity index (χ2v) is 9.14. The molecule has 2 aliphatic heterocycles. The van der Waals surface area contributed by atoms with Gasteiger partial charge in [-0.05, 0) is 18.9 Å². The van der Waals surface area contributed by atoms with Crippen LogP contribution in [0.25, 0.3) is 0 Å². The number of nitrogens with zero attached hydrogens (tertiary/aromatic N) is 6. The number of rotatable bonds is 8. The van der Waals surface area contributed by atoms with Crippen LogP contribution in [0.4, 0.5) is 24.8 Å². The summed E-state index contributed by atoms with van der Waals surface area (Å²) < 4.78 is 47.0. The molecular weight excluding hydrogens is 481 g/mol. The number of carbonyl (C=O) groups excluding carboxylic acids is 2. The topological polar surface area (TPSA) is 101 Å². The molecule has 2 amide bonds. The molecule has 3 fully saturated rings. The van der Waals surface area contributed by atoms with Gasteiger partial charge in [-0.2, -0.15) is 13.2 Å². The van der Waals surface area contributed by atoms with Crippen LogP contribution in [0.3, 0.4) is 0 Å². The molecule has 13 heteroatoms. The lowest BCUT2D eigenvalue weighted by Gasteiger charge is -2.40. The van der Waals surface area contributed by atoms with Gasteiger partial charge in [0.05, 0.1) is 30.2 Å². The summed E-state index contributed by atoms with van der Waals surface area (Å²) in [6, 6.07) is 3.05. The minimum atomic E-state index is -4.46. The number of hydrogen-bond acceptors (Lipinski definition) is 8. The molecule has 1 atom stereocenters. The predicted molar refractivity (Wildman–Crippen MR) is 121 cm³/mol. The highest BCUT2D eigenvalue weighted by Gasteiger charge is 2.40. The molecule has 2 aromatic heterocycles. The molecule has 10 nitrogen and oxygen atoms in total. The average molecular weight is 506 g/mol. The maximum atomic E-state index is 12.8. The van der Waals surface area contributed by atoms with Crippen LogP contribution in [0.15, 0.2) is 30.7 Å². The normalized spacial score (nSPS) is 20.3. The zero-order valence-electron chi connectivity index (χ0n) is 19.5. The third-order valence-corrected chi connectivity index (χ3v) is 6.42. The van der Waals surface area contributed by atoms with E-state index in [1.165, 1.54) is 23.2 Å². The highest BCUT2D eigenvalue weighted by molar-refractivity contribution is 5.98. The van der Waals surface area contributed by atoms with Gasteiger partial charge < -0.3 is 24.2 Å². The van der Waals surface area contributed by atoms with Crippen molar-refractivity contribution in [3.8, 4) is 11.6 Å². The van der Waals surface area contributed by atoms with E-state index in [-0.39, 0.29) is 29.4 Å². The Labute approximate surface area is 205 Å². The van der Waals surface area contributed by atoms with Crippen molar-refractivity contribution in [3.05, 3.63) is 30.7 Å². The Balaban J connectivity index is 1.12. The molecule has 1 saturated carbocycles. The lowest BCUT2D eigenvalue weighted by Crippen LogP contribution is -2.54. The number of ether oxygens (including phenoxy) is 2. The van der Waals surface area contributed by atoms with Gasteiger partial charge in [0.25, 0.3) is 5.91 Å². The van der Waals surface area contributed by atoms with Crippen LogP contribution in [0.1, 0.15) is 19.3 Å². The molecule has 0 unspecified atom stereocenters. The van der Waals surface area contributed by atoms with Crippen molar-refractivity contribution >= 4 is 23.5 Å². The molecule has 36 heavy (non-hydrogen) atoms. The minimum Gasteiger partial charge on any atom is -0.479 e. The molecule has 0 aromatic carbocycles. The third kappa shape index (κ3) is 5.29. The number of pyridine rings is 1. The van der Waals surface area contributed by atoms with Gasteiger partial charge in [0.1, 0.15) is 5.75 Å². The summed E-state index contributed by atoms with van der Waals surface area (Å²) in [5.74, 6) is 0.408. The van der Waals surface area contributed by atoms with E-state index in [0.717, 1.165) is 12.8 Å². The van der Waals surface area contributed by atoms with Gasteiger partial charge in [-0.3, -0.25) is 9.59 Å². The van der Waals surface area contributed by atoms with Gasteiger partial charge in [0, 0.05) is 45.2 Å². The molecule has 0 spiro atoms. The summed E-state index contributed by atoms with van der Waals surface area (Å²) in [7, 11) is 1.86. The van der Waals surface area contributed by atoms with Gasteiger partial charge in [-0.1, -0.05) is 0 Å². The number of anilines is 2. The highest BCUT2D eigenvalue weighted by Crippen LogP contribution is 2.30. The van der Waals surface area contributed by atoms with E-state index in [1.54, 1.807) is 12.4 Å².